The molecule has 1 aliphatic heterocycles. The lowest BCUT2D eigenvalue weighted by Gasteiger charge is -2.39. The Morgan fingerprint density at radius 2 is 2.03 bits per heavy atom. The van der Waals surface area contributed by atoms with Crippen molar-refractivity contribution in [3.63, 3.8) is 0 Å². The van der Waals surface area contributed by atoms with E-state index < -0.39 is 17.6 Å². The third-order valence-electron chi connectivity index (χ3n) is 5.32. The summed E-state index contributed by atoms with van der Waals surface area (Å²) >= 11 is 3.18. The summed E-state index contributed by atoms with van der Waals surface area (Å²) in [6.07, 6.45) is 1.35. The Hall–Kier alpha value is -2.63. The number of carbonyl (C=O) groups excluding carboxylic acids is 1. The minimum Gasteiger partial charge on any atom is -0.384 e. The maximum absolute atomic E-state index is 14.7. The Kier molecular flexibility index (Phi) is 5.67. The van der Waals surface area contributed by atoms with Crippen LogP contribution in [-0.4, -0.2) is 11.5 Å². The number of para-hydroxylation sites is 1. The fraction of sp³-hybridized carbons (Fsp3) is 0.273. The molecule has 2 N–H and O–H groups in total. The highest BCUT2D eigenvalue weighted by Gasteiger charge is 2.42. The third-order valence-corrected chi connectivity index (χ3v) is 7.47. The van der Waals surface area contributed by atoms with Crippen LogP contribution in [0.3, 0.4) is 0 Å². The average molecular weight is 444 g/mol. The Labute approximate surface area is 181 Å². The number of hydrogen-bond acceptors (Lipinski definition) is 6. The van der Waals surface area contributed by atoms with Gasteiger partial charge in [0.1, 0.15) is 23.1 Å². The molecule has 2 aromatic rings. The van der Waals surface area contributed by atoms with Gasteiger partial charge >= 0.3 is 0 Å². The normalized spacial score (nSPS) is 19.2. The van der Waals surface area contributed by atoms with E-state index in [2.05, 4.69) is 6.07 Å². The second kappa shape index (κ2) is 8.25. The maximum atomic E-state index is 14.7. The Morgan fingerprint density at radius 1 is 1.30 bits per heavy atom. The van der Waals surface area contributed by atoms with Gasteiger partial charge in [0.05, 0.1) is 21.8 Å². The number of halogens is 2. The van der Waals surface area contributed by atoms with Gasteiger partial charge in [-0.1, -0.05) is 13.0 Å². The van der Waals surface area contributed by atoms with Gasteiger partial charge in [-0.25, -0.2) is 8.78 Å². The Balaban J connectivity index is 2.00. The summed E-state index contributed by atoms with van der Waals surface area (Å²) in [6, 6.07) is 7.59. The number of benzene rings is 1. The molecule has 1 aromatic carbocycles. The number of anilines is 1. The maximum Gasteiger partial charge on any atom is 0.161 e. The zero-order valence-electron chi connectivity index (χ0n) is 16.2. The summed E-state index contributed by atoms with van der Waals surface area (Å²) in [5.74, 6) is -1.51. The first-order chi connectivity index (χ1) is 14.5. The van der Waals surface area contributed by atoms with Crippen LogP contribution in [0.15, 0.2) is 56.5 Å². The molecule has 8 heteroatoms. The highest BCUT2D eigenvalue weighted by molar-refractivity contribution is 8.01. The summed E-state index contributed by atoms with van der Waals surface area (Å²) in [4.78, 5) is 14.3. The summed E-state index contributed by atoms with van der Waals surface area (Å²) in [7, 11) is 0. The van der Waals surface area contributed by atoms with Gasteiger partial charge in [0.2, 0.25) is 0 Å². The van der Waals surface area contributed by atoms with Gasteiger partial charge in [0.25, 0.3) is 0 Å². The van der Waals surface area contributed by atoms with Gasteiger partial charge < -0.3 is 5.73 Å². The van der Waals surface area contributed by atoms with Crippen molar-refractivity contribution < 1.29 is 13.6 Å². The number of nitrogens with zero attached hydrogens (tertiary/aromatic N) is 2. The molecule has 0 radical (unpaired) electrons. The summed E-state index contributed by atoms with van der Waals surface area (Å²) in [5.41, 5.74) is 7.92. The minimum absolute atomic E-state index is 0.0291. The fourth-order valence-electron chi connectivity index (χ4n) is 4.12. The van der Waals surface area contributed by atoms with E-state index in [0.717, 1.165) is 27.7 Å². The zero-order chi connectivity index (χ0) is 21.4. The van der Waals surface area contributed by atoms with Gasteiger partial charge in [0, 0.05) is 17.7 Å². The van der Waals surface area contributed by atoms with Crippen LogP contribution in [0.5, 0.6) is 0 Å². The van der Waals surface area contributed by atoms with E-state index in [9.17, 15) is 18.8 Å². The molecule has 1 unspecified atom stereocenters. The first-order valence-corrected chi connectivity index (χ1v) is 11.5. The molecule has 30 heavy (non-hydrogen) atoms. The molecule has 0 spiro atoms. The van der Waals surface area contributed by atoms with Gasteiger partial charge in [-0.05, 0) is 47.7 Å². The number of allylic oxidation sites excluding steroid dienone is 3. The van der Waals surface area contributed by atoms with Crippen molar-refractivity contribution in [2.24, 2.45) is 5.73 Å². The van der Waals surface area contributed by atoms with Crippen LogP contribution in [0.2, 0.25) is 0 Å². The molecule has 0 saturated carbocycles. The lowest BCUT2D eigenvalue weighted by atomic mass is 9.76. The highest BCUT2D eigenvalue weighted by atomic mass is 32.2. The third kappa shape index (κ3) is 3.22. The molecule has 0 fully saturated rings. The molecule has 1 atom stereocenters. The SMILES string of the molecule is CCSc1sccc1C1C(C#N)=C(N)N(c2c(F)cccc2F)C2=C1C(=O)CCC2. The second-order valence-corrected chi connectivity index (χ2v) is 9.43. The number of thioether (sulfide) groups is 1. The van der Waals surface area contributed by atoms with E-state index in [4.69, 9.17) is 5.73 Å². The number of rotatable bonds is 4. The predicted octanol–water partition coefficient (Wildman–Crippen LogP) is 5.44. The van der Waals surface area contributed by atoms with Crippen LogP contribution in [0.4, 0.5) is 14.5 Å². The van der Waals surface area contributed by atoms with Gasteiger partial charge in [0.15, 0.2) is 5.78 Å². The standard InChI is InChI=1S/C22H19F2N3OS2/c1-2-29-22-12(9-10-30-22)18-13(11-25)21(26)27(16-7-4-8-17(28)19(16)18)20-14(23)5-3-6-15(20)24/h3,5-6,9-10,18H,2,4,7-8,26H2,1H3. The van der Waals surface area contributed by atoms with Gasteiger partial charge in [-0.3, -0.25) is 9.69 Å². The van der Waals surface area contributed by atoms with Crippen molar-refractivity contribution >= 4 is 34.6 Å². The molecule has 0 saturated heterocycles. The van der Waals surface area contributed by atoms with E-state index in [0.29, 0.717) is 30.5 Å². The number of nitriles is 1. The van der Waals surface area contributed by atoms with E-state index in [-0.39, 0.29) is 22.9 Å². The summed E-state index contributed by atoms with van der Waals surface area (Å²) < 4.78 is 30.4. The molecule has 2 heterocycles. The molecule has 1 aromatic heterocycles. The zero-order valence-corrected chi connectivity index (χ0v) is 17.9. The molecule has 154 valence electrons. The number of ketones is 1. The molecular formula is C22H19F2N3OS2. The topological polar surface area (TPSA) is 70.1 Å². The second-order valence-electron chi connectivity index (χ2n) is 6.98. The van der Waals surface area contributed by atoms with E-state index in [1.54, 1.807) is 23.1 Å². The van der Waals surface area contributed by atoms with Crippen molar-refractivity contribution in [2.45, 2.75) is 36.3 Å². The summed E-state index contributed by atoms with van der Waals surface area (Å²) in [5, 5.41) is 11.9. The van der Waals surface area contributed by atoms with Gasteiger partial charge in [-0.15, -0.1) is 23.1 Å². The molecular weight excluding hydrogens is 424 g/mol. The van der Waals surface area contributed by atoms with Crippen molar-refractivity contribution in [3.05, 3.63) is 69.5 Å². The first-order valence-electron chi connectivity index (χ1n) is 9.59. The number of nitrogens with two attached hydrogens (primary N) is 1. The summed E-state index contributed by atoms with van der Waals surface area (Å²) in [6.45, 7) is 2.03. The van der Waals surface area contributed by atoms with E-state index in [1.165, 1.54) is 11.0 Å². The number of carbonyl (C=O) groups is 1. The Morgan fingerprint density at radius 3 is 2.70 bits per heavy atom. The fourth-order valence-corrected chi connectivity index (χ4v) is 6.19. The van der Waals surface area contributed by atoms with E-state index in [1.807, 2.05) is 18.4 Å². The minimum atomic E-state index is -0.795. The molecule has 0 amide bonds. The average Bonchev–Trinajstić information content (AvgIpc) is 3.17. The predicted molar refractivity (Wildman–Crippen MR) is 115 cm³/mol. The molecule has 0 bridgehead atoms. The highest BCUT2D eigenvalue weighted by Crippen LogP contribution is 2.49. The molecule has 4 nitrogen and oxygen atoms in total. The first kappa shape index (κ1) is 20.6. The van der Waals surface area contributed by atoms with Crippen LogP contribution in [-0.2, 0) is 4.79 Å². The number of Topliss-reactive ketones (excluding diaryl/α,β-unsaturated/α-hetero) is 1. The molecule has 4 rings (SSSR count). The van der Waals surface area contributed by atoms with Crippen LogP contribution in [0.1, 0.15) is 37.7 Å². The Bertz CT molecular complexity index is 1110. The number of thiophene rings is 1. The van der Waals surface area contributed by atoms with Crippen LogP contribution >= 0.6 is 23.1 Å². The largest absolute Gasteiger partial charge is 0.384 e. The van der Waals surface area contributed by atoms with Crippen molar-refractivity contribution in [2.75, 3.05) is 10.7 Å². The monoisotopic (exact) mass is 443 g/mol. The molecule has 2 aliphatic rings. The molecule has 1 aliphatic carbocycles. The lowest BCUT2D eigenvalue weighted by Crippen LogP contribution is -2.39. The van der Waals surface area contributed by atoms with E-state index >= 15 is 0 Å². The van der Waals surface area contributed by atoms with Crippen molar-refractivity contribution in [1.29, 1.82) is 5.26 Å². The quantitative estimate of drug-likeness (QED) is 0.637. The smallest absolute Gasteiger partial charge is 0.161 e. The van der Waals surface area contributed by atoms with Crippen molar-refractivity contribution in [3.8, 4) is 6.07 Å². The lowest BCUT2D eigenvalue weighted by molar-refractivity contribution is -0.116. The van der Waals surface area contributed by atoms with Crippen LogP contribution in [0, 0.1) is 23.0 Å². The van der Waals surface area contributed by atoms with Gasteiger partial charge in [-0.2, -0.15) is 5.26 Å². The van der Waals surface area contributed by atoms with Crippen LogP contribution < -0.4 is 10.6 Å². The number of hydrogen-bond donors (Lipinski definition) is 1. The van der Waals surface area contributed by atoms with Crippen LogP contribution in [0.25, 0.3) is 0 Å². The van der Waals surface area contributed by atoms with Crippen molar-refractivity contribution in [1.82, 2.24) is 0 Å².